The summed E-state index contributed by atoms with van der Waals surface area (Å²) in [7, 11) is 0. The van der Waals surface area contributed by atoms with Crippen LogP contribution in [0, 0.1) is 5.92 Å². The van der Waals surface area contributed by atoms with Crippen LogP contribution in [0.1, 0.15) is 66.7 Å². The van der Waals surface area contributed by atoms with E-state index in [-0.39, 0.29) is 17.9 Å². The first kappa shape index (κ1) is 33.8. The number of likely N-dealkylation sites (tertiary alicyclic amines) is 2. The second-order valence-corrected chi connectivity index (χ2v) is 14.3. The molecular weight excluding hydrogens is 772 g/mol. The molecule has 2 amide bonds. The Hall–Kier alpha value is -4.70. The number of aromatic nitrogens is 6. The summed E-state index contributed by atoms with van der Waals surface area (Å²) in [5.74, 6) is 3.31. The normalized spacial score (nSPS) is 16.9. The van der Waals surface area contributed by atoms with Crippen molar-refractivity contribution in [2.75, 3.05) is 31.1 Å². The molecule has 16 heteroatoms. The van der Waals surface area contributed by atoms with Gasteiger partial charge in [-0.1, -0.05) is 6.92 Å². The van der Waals surface area contributed by atoms with Crippen molar-refractivity contribution in [2.24, 2.45) is 5.92 Å². The molecule has 8 heterocycles. The van der Waals surface area contributed by atoms with Crippen LogP contribution >= 0.6 is 31.9 Å². The molecule has 2 aliphatic heterocycles. The Balaban J connectivity index is 0.000000157. The molecule has 0 radical (unpaired) electrons. The molecule has 2 aliphatic rings. The molecule has 0 aliphatic carbocycles. The number of anilines is 2. The van der Waals surface area contributed by atoms with Crippen LogP contribution in [0.2, 0.25) is 0 Å². The number of fused-ring (bicyclic) bond motifs is 2. The van der Waals surface area contributed by atoms with Gasteiger partial charge in [-0.2, -0.15) is 9.03 Å². The average Bonchev–Trinajstić information content (AvgIpc) is 3.91. The van der Waals surface area contributed by atoms with Gasteiger partial charge in [-0.05, 0) is 125 Å². The maximum Gasteiger partial charge on any atom is 0.254 e. The highest BCUT2D eigenvalue weighted by molar-refractivity contribution is 9.10. The Morgan fingerprint density at radius 1 is 0.720 bits per heavy atom. The molecule has 8 rings (SSSR count). The molecule has 50 heavy (non-hydrogen) atoms. The minimum Gasteiger partial charge on any atom is -0.446 e. The van der Waals surface area contributed by atoms with Crippen LogP contribution in [0.4, 0.5) is 11.6 Å². The third kappa shape index (κ3) is 6.86. The summed E-state index contributed by atoms with van der Waals surface area (Å²) in [6, 6.07) is 14.1. The SMILES string of the molecule is CC1CCCCN1C(=O)c1cc(N)n2nc(-c3ccc(Br)o3)nc2c1.CC1CCN(C(=O)c2cc(N)n3nc(-c4ccc(Br)o4)nc3c2)CC1. The van der Waals surface area contributed by atoms with Crippen LogP contribution in [-0.4, -0.2) is 76.5 Å². The third-order valence-electron chi connectivity index (χ3n) is 9.15. The molecule has 2 saturated heterocycles. The maximum atomic E-state index is 12.9. The van der Waals surface area contributed by atoms with Crippen molar-refractivity contribution in [3.8, 4) is 23.2 Å². The molecular formula is C34H36Br2N10O4. The van der Waals surface area contributed by atoms with E-state index in [4.69, 9.17) is 20.3 Å². The summed E-state index contributed by atoms with van der Waals surface area (Å²) >= 11 is 6.53. The van der Waals surface area contributed by atoms with Crippen LogP contribution in [-0.2, 0) is 0 Å². The highest BCUT2D eigenvalue weighted by atomic mass is 79.9. The van der Waals surface area contributed by atoms with Crippen LogP contribution in [0.3, 0.4) is 0 Å². The molecule has 0 aromatic carbocycles. The lowest BCUT2D eigenvalue weighted by Crippen LogP contribution is -2.42. The van der Waals surface area contributed by atoms with E-state index in [1.807, 2.05) is 9.80 Å². The van der Waals surface area contributed by atoms with Crippen molar-refractivity contribution in [3.05, 3.63) is 69.0 Å². The number of hydrogen-bond acceptors (Lipinski definition) is 10. The van der Waals surface area contributed by atoms with E-state index in [1.54, 1.807) is 48.5 Å². The number of hydrogen-bond donors (Lipinski definition) is 2. The molecule has 0 bridgehead atoms. The standard InChI is InChI=1S/2C17H18BrN5O2/c1-10-4-6-22(7-5-10)17(24)11-8-14(19)23-15(9-11)20-16(21-23)12-2-3-13(18)25-12;1-10-4-2-3-7-22(10)17(24)11-8-14(19)23-15(9-11)20-16(21-23)12-5-6-13(18)25-12/h2-3,8-10H,4-7,19H2,1H3;5-6,8-10H,2-4,7,19H2,1H3. The number of amides is 2. The van der Waals surface area contributed by atoms with E-state index >= 15 is 0 Å². The van der Waals surface area contributed by atoms with E-state index in [2.05, 4.69) is 65.9 Å². The number of halogens is 2. The summed E-state index contributed by atoms with van der Waals surface area (Å²) in [5, 5.41) is 8.72. The molecule has 1 unspecified atom stereocenters. The fraction of sp³-hybridized carbons (Fsp3) is 0.353. The second-order valence-electron chi connectivity index (χ2n) is 12.8. The number of rotatable bonds is 4. The minimum atomic E-state index is -0.00797. The van der Waals surface area contributed by atoms with Gasteiger partial charge in [0, 0.05) is 36.8 Å². The number of piperidine rings is 2. The van der Waals surface area contributed by atoms with Crippen molar-refractivity contribution in [1.82, 2.24) is 39.0 Å². The zero-order valence-electron chi connectivity index (χ0n) is 27.6. The van der Waals surface area contributed by atoms with Crippen molar-refractivity contribution in [3.63, 3.8) is 0 Å². The number of furan rings is 2. The van der Waals surface area contributed by atoms with Crippen LogP contribution in [0.5, 0.6) is 0 Å². The minimum absolute atomic E-state index is 0.00769. The fourth-order valence-electron chi connectivity index (χ4n) is 6.30. The highest BCUT2D eigenvalue weighted by Crippen LogP contribution is 2.27. The lowest BCUT2D eigenvalue weighted by atomic mass is 9.99. The van der Waals surface area contributed by atoms with Gasteiger partial charge in [0.05, 0.1) is 0 Å². The molecule has 1 atom stereocenters. The lowest BCUT2D eigenvalue weighted by Gasteiger charge is -2.33. The average molecular weight is 809 g/mol. The van der Waals surface area contributed by atoms with Gasteiger partial charge >= 0.3 is 0 Å². The van der Waals surface area contributed by atoms with E-state index in [1.165, 1.54) is 15.5 Å². The molecule has 6 aromatic rings. The lowest BCUT2D eigenvalue weighted by molar-refractivity contribution is 0.0634. The largest absolute Gasteiger partial charge is 0.446 e. The van der Waals surface area contributed by atoms with Gasteiger partial charge in [-0.15, -0.1) is 10.2 Å². The number of carbonyl (C=O) groups is 2. The van der Waals surface area contributed by atoms with E-state index in [9.17, 15) is 9.59 Å². The van der Waals surface area contributed by atoms with E-state index in [0.717, 1.165) is 45.3 Å². The Labute approximate surface area is 304 Å². The number of nitrogens with two attached hydrogens (primary N) is 2. The highest BCUT2D eigenvalue weighted by Gasteiger charge is 2.26. The number of pyridine rings is 2. The molecule has 0 spiro atoms. The Bertz CT molecular complexity index is 2200. The van der Waals surface area contributed by atoms with Crippen LogP contribution < -0.4 is 11.5 Å². The van der Waals surface area contributed by atoms with E-state index < -0.39 is 0 Å². The van der Waals surface area contributed by atoms with Crippen LogP contribution in [0.25, 0.3) is 34.5 Å². The maximum absolute atomic E-state index is 12.9. The zero-order valence-corrected chi connectivity index (χ0v) is 30.7. The Kier molecular flexibility index (Phi) is 9.39. The predicted octanol–water partition coefficient (Wildman–Crippen LogP) is 6.55. The van der Waals surface area contributed by atoms with Crippen LogP contribution in [0.15, 0.2) is 66.7 Å². The molecule has 260 valence electrons. The van der Waals surface area contributed by atoms with E-state index in [0.29, 0.717) is 72.5 Å². The third-order valence-corrected chi connectivity index (χ3v) is 10.00. The Morgan fingerprint density at radius 2 is 1.24 bits per heavy atom. The predicted molar refractivity (Wildman–Crippen MR) is 194 cm³/mol. The molecule has 0 saturated carbocycles. The van der Waals surface area contributed by atoms with Gasteiger partial charge in [0.2, 0.25) is 11.6 Å². The van der Waals surface area contributed by atoms with Crippen molar-refractivity contribution in [2.45, 2.75) is 52.0 Å². The molecule has 4 N–H and O–H groups in total. The zero-order chi connectivity index (χ0) is 35.1. The van der Waals surface area contributed by atoms with Gasteiger partial charge in [0.25, 0.3) is 11.8 Å². The summed E-state index contributed by atoms with van der Waals surface area (Å²) in [6.45, 7) is 6.65. The van der Waals surface area contributed by atoms with Crippen molar-refractivity contribution in [1.29, 1.82) is 0 Å². The number of nitrogens with zero attached hydrogens (tertiary/aromatic N) is 8. The van der Waals surface area contributed by atoms with Gasteiger partial charge < -0.3 is 30.1 Å². The summed E-state index contributed by atoms with van der Waals surface area (Å²) < 4.78 is 15.2. The summed E-state index contributed by atoms with van der Waals surface area (Å²) in [4.78, 5) is 38.3. The van der Waals surface area contributed by atoms with Crippen molar-refractivity contribution >= 4 is 66.6 Å². The van der Waals surface area contributed by atoms with Gasteiger partial charge in [-0.3, -0.25) is 9.59 Å². The second kappa shape index (κ2) is 13.9. The first-order chi connectivity index (χ1) is 24.0. The number of nitrogen functional groups attached to an aromatic ring is 2. The first-order valence-electron chi connectivity index (χ1n) is 16.5. The quantitative estimate of drug-likeness (QED) is 0.198. The smallest absolute Gasteiger partial charge is 0.254 e. The molecule has 6 aromatic heterocycles. The molecule has 14 nitrogen and oxygen atoms in total. The summed E-state index contributed by atoms with van der Waals surface area (Å²) in [5.41, 5.74) is 14.3. The number of carbonyl (C=O) groups excluding carboxylic acids is 2. The first-order valence-corrected chi connectivity index (χ1v) is 18.1. The summed E-state index contributed by atoms with van der Waals surface area (Å²) in [6.07, 6.45) is 5.30. The topological polar surface area (TPSA) is 179 Å². The van der Waals surface area contributed by atoms with Gasteiger partial charge in [-0.25, -0.2) is 9.97 Å². The monoisotopic (exact) mass is 806 g/mol. The fourth-order valence-corrected chi connectivity index (χ4v) is 6.92. The van der Waals surface area contributed by atoms with Crippen molar-refractivity contribution < 1.29 is 18.4 Å². The Morgan fingerprint density at radius 3 is 1.72 bits per heavy atom. The van der Waals surface area contributed by atoms with Gasteiger partial charge in [0.15, 0.2) is 32.2 Å². The molecule has 2 fully saturated rings. The van der Waals surface area contributed by atoms with Gasteiger partial charge in [0.1, 0.15) is 11.6 Å².